The molecule has 0 bridgehead atoms. The van der Waals surface area contributed by atoms with Gasteiger partial charge < -0.3 is 10.1 Å². The van der Waals surface area contributed by atoms with E-state index in [1.807, 2.05) is 7.11 Å². The Morgan fingerprint density at radius 1 is 1.16 bits per heavy atom. The van der Waals surface area contributed by atoms with E-state index in [0.717, 1.165) is 58.5 Å². The number of aromatic nitrogens is 2. The van der Waals surface area contributed by atoms with E-state index in [1.165, 1.54) is 17.0 Å². The van der Waals surface area contributed by atoms with Crippen LogP contribution in [0, 0.1) is 0 Å². The fourth-order valence-electron chi connectivity index (χ4n) is 4.15. The highest BCUT2D eigenvalue weighted by molar-refractivity contribution is 5.23. The van der Waals surface area contributed by atoms with Crippen LogP contribution in [0.3, 0.4) is 0 Å². The molecule has 1 aromatic carbocycles. The van der Waals surface area contributed by atoms with Gasteiger partial charge in [0.1, 0.15) is 0 Å². The number of piperidine rings is 1. The maximum absolute atomic E-state index is 5.99. The Kier molecular flexibility index (Phi) is 4.88. The van der Waals surface area contributed by atoms with Crippen LogP contribution in [-0.2, 0) is 30.0 Å². The summed E-state index contributed by atoms with van der Waals surface area (Å²) in [6, 6.07) is 12.9. The average molecular weight is 340 g/mol. The molecule has 5 heteroatoms. The third-order valence-electron chi connectivity index (χ3n) is 5.68. The average Bonchev–Trinajstić information content (AvgIpc) is 2.91. The molecule has 5 nitrogen and oxygen atoms in total. The van der Waals surface area contributed by atoms with Crippen molar-refractivity contribution in [2.45, 2.75) is 44.5 Å². The van der Waals surface area contributed by atoms with Crippen LogP contribution in [-0.4, -0.2) is 41.4 Å². The molecule has 2 aliphatic rings. The van der Waals surface area contributed by atoms with Gasteiger partial charge in [0.05, 0.1) is 17.0 Å². The summed E-state index contributed by atoms with van der Waals surface area (Å²) < 4.78 is 8.17. The zero-order valence-electron chi connectivity index (χ0n) is 15.1. The van der Waals surface area contributed by atoms with Crippen molar-refractivity contribution in [2.24, 2.45) is 0 Å². The van der Waals surface area contributed by atoms with E-state index in [-0.39, 0.29) is 5.60 Å². The van der Waals surface area contributed by atoms with Crippen LogP contribution >= 0.6 is 0 Å². The predicted octanol–water partition coefficient (Wildman–Crippen LogP) is 2.51. The zero-order valence-corrected chi connectivity index (χ0v) is 15.1. The standard InChI is InChI=1S/C20H28N4O/c1-25-20(17-6-3-2-4-7-17)8-12-23(13-9-20)16-18-14-19-15-21-10-5-11-24(19)22-18/h2-4,6-7,14,21H,5,8-13,15-16H2,1H3. The van der Waals surface area contributed by atoms with E-state index in [2.05, 4.69) is 51.3 Å². The summed E-state index contributed by atoms with van der Waals surface area (Å²) in [5.74, 6) is 0. The van der Waals surface area contributed by atoms with Crippen LogP contribution in [0.15, 0.2) is 36.4 Å². The lowest BCUT2D eigenvalue weighted by atomic mass is 9.84. The highest BCUT2D eigenvalue weighted by Crippen LogP contribution is 2.36. The van der Waals surface area contributed by atoms with Gasteiger partial charge in [0, 0.05) is 39.8 Å². The highest BCUT2D eigenvalue weighted by Gasteiger charge is 2.36. The molecule has 0 unspecified atom stereocenters. The summed E-state index contributed by atoms with van der Waals surface area (Å²) in [4.78, 5) is 2.51. The molecule has 4 rings (SSSR count). The molecule has 1 saturated heterocycles. The minimum absolute atomic E-state index is 0.132. The molecule has 1 fully saturated rings. The number of nitrogens with one attached hydrogen (secondary N) is 1. The van der Waals surface area contributed by atoms with Gasteiger partial charge in [-0.15, -0.1) is 0 Å². The van der Waals surface area contributed by atoms with E-state index in [1.54, 1.807) is 0 Å². The normalized spacial score (nSPS) is 20.8. The van der Waals surface area contributed by atoms with Crippen molar-refractivity contribution in [3.8, 4) is 0 Å². The summed E-state index contributed by atoms with van der Waals surface area (Å²) in [5.41, 5.74) is 3.69. The fraction of sp³-hybridized carbons (Fsp3) is 0.550. The van der Waals surface area contributed by atoms with Gasteiger partial charge in [-0.25, -0.2) is 0 Å². The van der Waals surface area contributed by atoms with Crippen LogP contribution in [0.4, 0.5) is 0 Å². The number of rotatable bonds is 4. The SMILES string of the molecule is COC1(c2ccccc2)CCN(Cc2cc3n(n2)CCCNC3)CC1. The number of fused-ring (bicyclic) bond motifs is 1. The lowest BCUT2D eigenvalue weighted by Crippen LogP contribution is -2.43. The molecule has 2 aromatic rings. The Hall–Kier alpha value is -1.69. The Balaban J connectivity index is 1.40. The van der Waals surface area contributed by atoms with E-state index < -0.39 is 0 Å². The molecule has 1 aromatic heterocycles. The Morgan fingerprint density at radius 3 is 2.72 bits per heavy atom. The lowest BCUT2D eigenvalue weighted by molar-refractivity contribution is -0.0639. The molecular formula is C20H28N4O. The zero-order chi connectivity index (χ0) is 17.1. The molecule has 0 spiro atoms. The van der Waals surface area contributed by atoms with Crippen LogP contribution < -0.4 is 5.32 Å². The molecule has 0 atom stereocenters. The fourth-order valence-corrected chi connectivity index (χ4v) is 4.15. The molecule has 0 saturated carbocycles. The third kappa shape index (κ3) is 3.50. The molecule has 1 N–H and O–H groups in total. The van der Waals surface area contributed by atoms with Crippen molar-refractivity contribution in [1.29, 1.82) is 0 Å². The Labute approximate surface area is 150 Å². The van der Waals surface area contributed by atoms with Gasteiger partial charge in [-0.2, -0.15) is 5.10 Å². The molecule has 25 heavy (non-hydrogen) atoms. The van der Waals surface area contributed by atoms with Gasteiger partial charge in [0.2, 0.25) is 0 Å². The maximum Gasteiger partial charge on any atom is 0.0951 e. The number of nitrogens with zero attached hydrogens (tertiary/aromatic N) is 3. The second kappa shape index (κ2) is 7.28. The number of methoxy groups -OCH3 is 1. The summed E-state index contributed by atoms with van der Waals surface area (Å²) in [7, 11) is 1.85. The number of ether oxygens (including phenoxy) is 1. The van der Waals surface area contributed by atoms with Crippen LogP contribution in [0.2, 0.25) is 0 Å². The van der Waals surface area contributed by atoms with Crippen molar-refractivity contribution in [3.05, 3.63) is 53.3 Å². The highest BCUT2D eigenvalue weighted by atomic mass is 16.5. The van der Waals surface area contributed by atoms with E-state index in [9.17, 15) is 0 Å². The molecule has 0 radical (unpaired) electrons. The number of hydrogen-bond donors (Lipinski definition) is 1. The number of aryl methyl sites for hydroxylation is 1. The van der Waals surface area contributed by atoms with E-state index in [0.29, 0.717) is 0 Å². The first-order chi connectivity index (χ1) is 12.3. The van der Waals surface area contributed by atoms with Gasteiger partial charge in [0.15, 0.2) is 0 Å². The van der Waals surface area contributed by atoms with Crippen LogP contribution in [0.25, 0.3) is 0 Å². The lowest BCUT2D eigenvalue weighted by Gasteiger charge is -2.41. The monoisotopic (exact) mass is 340 g/mol. The van der Waals surface area contributed by atoms with Gasteiger partial charge in [0.25, 0.3) is 0 Å². The molecule has 3 heterocycles. The number of benzene rings is 1. The van der Waals surface area contributed by atoms with E-state index >= 15 is 0 Å². The van der Waals surface area contributed by atoms with Crippen molar-refractivity contribution in [1.82, 2.24) is 20.0 Å². The topological polar surface area (TPSA) is 42.3 Å². The molecule has 0 aliphatic carbocycles. The van der Waals surface area contributed by atoms with Crippen LogP contribution in [0.1, 0.15) is 36.2 Å². The summed E-state index contributed by atoms with van der Waals surface area (Å²) in [6.07, 6.45) is 3.22. The maximum atomic E-state index is 5.99. The summed E-state index contributed by atoms with van der Waals surface area (Å²) >= 11 is 0. The van der Waals surface area contributed by atoms with E-state index in [4.69, 9.17) is 9.84 Å². The Bertz CT molecular complexity index is 665. The molecule has 2 aliphatic heterocycles. The van der Waals surface area contributed by atoms with Crippen molar-refractivity contribution >= 4 is 0 Å². The first kappa shape index (κ1) is 16.8. The predicted molar refractivity (Wildman–Crippen MR) is 98.2 cm³/mol. The van der Waals surface area contributed by atoms with Crippen LogP contribution in [0.5, 0.6) is 0 Å². The second-order valence-corrected chi connectivity index (χ2v) is 7.22. The van der Waals surface area contributed by atoms with Crippen molar-refractivity contribution in [3.63, 3.8) is 0 Å². The first-order valence-electron chi connectivity index (χ1n) is 9.38. The smallest absolute Gasteiger partial charge is 0.0951 e. The second-order valence-electron chi connectivity index (χ2n) is 7.22. The van der Waals surface area contributed by atoms with Gasteiger partial charge in [-0.3, -0.25) is 9.58 Å². The first-order valence-corrected chi connectivity index (χ1v) is 9.38. The summed E-state index contributed by atoms with van der Waals surface area (Å²) in [5, 5.41) is 8.29. The van der Waals surface area contributed by atoms with Crippen molar-refractivity contribution < 1.29 is 4.74 Å². The van der Waals surface area contributed by atoms with Gasteiger partial charge >= 0.3 is 0 Å². The largest absolute Gasteiger partial charge is 0.373 e. The molecule has 134 valence electrons. The third-order valence-corrected chi connectivity index (χ3v) is 5.68. The Morgan fingerprint density at radius 2 is 1.96 bits per heavy atom. The minimum atomic E-state index is -0.132. The number of likely N-dealkylation sites (tertiary alicyclic amines) is 1. The van der Waals surface area contributed by atoms with Gasteiger partial charge in [-0.05, 0) is 37.4 Å². The molecular weight excluding hydrogens is 312 g/mol. The summed E-state index contributed by atoms with van der Waals surface area (Å²) in [6.45, 7) is 6.08. The number of hydrogen-bond acceptors (Lipinski definition) is 4. The molecule has 0 amide bonds. The van der Waals surface area contributed by atoms with Gasteiger partial charge in [-0.1, -0.05) is 30.3 Å². The minimum Gasteiger partial charge on any atom is -0.373 e. The quantitative estimate of drug-likeness (QED) is 0.929. The van der Waals surface area contributed by atoms with Crippen molar-refractivity contribution in [2.75, 3.05) is 26.7 Å².